The van der Waals surface area contributed by atoms with Crippen LogP contribution < -0.4 is 5.32 Å². The summed E-state index contributed by atoms with van der Waals surface area (Å²) in [5.41, 5.74) is 2.11. The second-order valence-corrected chi connectivity index (χ2v) is 5.04. The van der Waals surface area contributed by atoms with E-state index < -0.39 is 0 Å². The first-order valence-corrected chi connectivity index (χ1v) is 7.13. The Morgan fingerprint density at radius 2 is 1.76 bits per heavy atom. The zero-order chi connectivity index (χ0) is 14.5. The van der Waals surface area contributed by atoms with Crippen LogP contribution in [0.2, 0.25) is 5.02 Å². The van der Waals surface area contributed by atoms with Crippen molar-refractivity contribution in [3.63, 3.8) is 0 Å². The van der Waals surface area contributed by atoms with E-state index in [1.165, 1.54) is 0 Å². The molecule has 0 aliphatic rings. The molecule has 0 spiro atoms. The molecule has 0 amide bonds. The van der Waals surface area contributed by atoms with Gasteiger partial charge in [-0.25, -0.2) is 9.67 Å². The fraction of sp³-hybridized carbons (Fsp3) is 0.125. The second-order valence-electron chi connectivity index (χ2n) is 4.61. The van der Waals surface area contributed by atoms with Crippen molar-refractivity contribution < 1.29 is 0 Å². The molecular weight excluding hydrogens is 284 g/mol. The minimum Gasteiger partial charge on any atom is -0.383 e. The normalized spacial score (nSPS) is 10.5. The molecule has 3 aromatic rings. The summed E-state index contributed by atoms with van der Waals surface area (Å²) in [6.07, 6.45) is 1.58. The van der Waals surface area contributed by atoms with Crippen molar-refractivity contribution in [3.05, 3.63) is 65.9 Å². The Morgan fingerprint density at radius 3 is 2.52 bits per heavy atom. The third kappa shape index (κ3) is 3.41. The van der Waals surface area contributed by atoms with Crippen molar-refractivity contribution in [1.82, 2.24) is 14.8 Å². The standard InChI is InChI=1S/C16H15ClN4/c17-14-8-6-13(7-9-14)16-19-12-20-21(16)11-10-18-15-4-2-1-3-5-15/h1-9,12,18H,10-11H2. The molecule has 1 N–H and O–H groups in total. The summed E-state index contributed by atoms with van der Waals surface area (Å²) in [4.78, 5) is 4.32. The van der Waals surface area contributed by atoms with Gasteiger partial charge in [-0.1, -0.05) is 29.8 Å². The summed E-state index contributed by atoms with van der Waals surface area (Å²) in [5.74, 6) is 0.849. The van der Waals surface area contributed by atoms with Crippen molar-refractivity contribution in [1.29, 1.82) is 0 Å². The first kappa shape index (κ1) is 13.6. The number of halogens is 1. The van der Waals surface area contributed by atoms with Crippen molar-refractivity contribution in [2.45, 2.75) is 6.54 Å². The average molecular weight is 299 g/mol. The first-order chi connectivity index (χ1) is 10.3. The van der Waals surface area contributed by atoms with Gasteiger partial charge in [-0.15, -0.1) is 0 Å². The molecule has 0 saturated carbocycles. The van der Waals surface area contributed by atoms with Crippen molar-refractivity contribution in [3.8, 4) is 11.4 Å². The van der Waals surface area contributed by atoms with E-state index in [1.807, 2.05) is 59.3 Å². The number of nitrogens with one attached hydrogen (secondary N) is 1. The molecule has 0 saturated heterocycles. The van der Waals surface area contributed by atoms with Crippen LogP contribution in [-0.4, -0.2) is 21.3 Å². The van der Waals surface area contributed by atoms with Gasteiger partial charge in [0.2, 0.25) is 0 Å². The minimum absolute atomic E-state index is 0.718. The highest BCUT2D eigenvalue weighted by molar-refractivity contribution is 6.30. The van der Waals surface area contributed by atoms with Gasteiger partial charge >= 0.3 is 0 Å². The van der Waals surface area contributed by atoms with E-state index in [1.54, 1.807) is 6.33 Å². The van der Waals surface area contributed by atoms with Crippen LogP contribution in [0.1, 0.15) is 0 Å². The Bertz CT molecular complexity index is 692. The fourth-order valence-electron chi connectivity index (χ4n) is 2.11. The molecule has 0 radical (unpaired) electrons. The van der Waals surface area contributed by atoms with Crippen molar-refractivity contribution in [2.24, 2.45) is 0 Å². The predicted octanol–water partition coefficient (Wildman–Crippen LogP) is 3.71. The molecule has 0 atom stereocenters. The molecule has 0 bridgehead atoms. The Labute approximate surface area is 128 Å². The Morgan fingerprint density at radius 1 is 1.00 bits per heavy atom. The molecule has 21 heavy (non-hydrogen) atoms. The number of benzene rings is 2. The number of anilines is 1. The Balaban J connectivity index is 1.67. The van der Waals surface area contributed by atoms with Crippen LogP contribution in [-0.2, 0) is 6.54 Å². The summed E-state index contributed by atoms with van der Waals surface area (Å²) in [5, 5.41) is 8.36. The van der Waals surface area contributed by atoms with Gasteiger partial charge in [-0.05, 0) is 36.4 Å². The molecule has 0 aliphatic carbocycles. The number of hydrogen-bond acceptors (Lipinski definition) is 3. The molecule has 5 heteroatoms. The van der Waals surface area contributed by atoms with Crippen LogP contribution in [0.3, 0.4) is 0 Å². The lowest BCUT2D eigenvalue weighted by Gasteiger charge is -2.08. The van der Waals surface area contributed by atoms with Gasteiger partial charge in [0.05, 0.1) is 6.54 Å². The molecule has 1 aromatic heterocycles. The maximum absolute atomic E-state index is 5.91. The maximum atomic E-state index is 5.91. The van der Waals surface area contributed by atoms with Gasteiger partial charge in [0.1, 0.15) is 6.33 Å². The van der Waals surface area contributed by atoms with Crippen LogP contribution in [0, 0.1) is 0 Å². The lowest BCUT2D eigenvalue weighted by Crippen LogP contribution is -2.12. The van der Waals surface area contributed by atoms with Gasteiger partial charge in [0.15, 0.2) is 5.82 Å². The first-order valence-electron chi connectivity index (χ1n) is 6.75. The maximum Gasteiger partial charge on any atom is 0.158 e. The monoisotopic (exact) mass is 298 g/mol. The zero-order valence-electron chi connectivity index (χ0n) is 11.4. The third-order valence-corrected chi connectivity index (χ3v) is 3.40. The Kier molecular flexibility index (Phi) is 4.17. The molecule has 106 valence electrons. The van der Waals surface area contributed by atoms with Crippen LogP contribution >= 0.6 is 11.6 Å². The van der Waals surface area contributed by atoms with Gasteiger partial charge in [0.25, 0.3) is 0 Å². The highest BCUT2D eigenvalue weighted by Gasteiger charge is 2.06. The van der Waals surface area contributed by atoms with E-state index in [9.17, 15) is 0 Å². The van der Waals surface area contributed by atoms with E-state index in [-0.39, 0.29) is 0 Å². The van der Waals surface area contributed by atoms with Crippen LogP contribution in [0.25, 0.3) is 11.4 Å². The smallest absolute Gasteiger partial charge is 0.158 e. The molecule has 3 rings (SSSR count). The minimum atomic E-state index is 0.718. The summed E-state index contributed by atoms with van der Waals surface area (Å²) in [6, 6.07) is 17.7. The number of nitrogens with zero attached hydrogens (tertiary/aromatic N) is 3. The fourth-order valence-corrected chi connectivity index (χ4v) is 2.24. The molecule has 4 nitrogen and oxygen atoms in total. The molecule has 2 aromatic carbocycles. The summed E-state index contributed by atoms with van der Waals surface area (Å²) in [6.45, 7) is 1.53. The third-order valence-electron chi connectivity index (χ3n) is 3.14. The molecular formula is C16H15ClN4. The van der Waals surface area contributed by atoms with Crippen LogP contribution in [0.4, 0.5) is 5.69 Å². The van der Waals surface area contributed by atoms with E-state index in [0.717, 1.165) is 35.2 Å². The van der Waals surface area contributed by atoms with Crippen LogP contribution in [0.15, 0.2) is 60.9 Å². The topological polar surface area (TPSA) is 42.7 Å². The molecule has 0 aliphatic heterocycles. The van der Waals surface area contributed by atoms with E-state index in [2.05, 4.69) is 15.4 Å². The van der Waals surface area contributed by atoms with E-state index in [4.69, 9.17) is 11.6 Å². The van der Waals surface area contributed by atoms with Gasteiger partial charge in [-0.3, -0.25) is 0 Å². The largest absolute Gasteiger partial charge is 0.383 e. The molecule has 1 heterocycles. The summed E-state index contributed by atoms with van der Waals surface area (Å²) >= 11 is 5.91. The van der Waals surface area contributed by atoms with Gasteiger partial charge in [-0.2, -0.15) is 5.10 Å². The number of para-hydroxylation sites is 1. The average Bonchev–Trinajstić information content (AvgIpc) is 2.98. The van der Waals surface area contributed by atoms with Crippen molar-refractivity contribution >= 4 is 17.3 Å². The second kappa shape index (κ2) is 6.41. The number of aromatic nitrogens is 3. The van der Waals surface area contributed by atoms with E-state index in [0.29, 0.717) is 0 Å². The van der Waals surface area contributed by atoms with Gasteiger partial charge < -0.3 is 5.32 Å². The Hall–Kier alpha value is -2.33. The summed E-state index contributed by atoms with van der Waals surface area (Å²) in [7, 11) is 0. The number of hydrogen-bond donors (Lipinski definition) is 1. The van der Waals surface area contributed by atoms with Gasteiger partial charge in [0, 0.05) is 22.8 Å². The lowest BCUT2D eigenvalue weighted by atomic mass is 10.2. The van der Waals surface area contributed by atoms with Crippen LogP contribution in [0.5, 0.6) is 0 Å². The quantitative estimate of drug-likeness (QED) is 0.781. The summed E-state index contributed by atoms with van der Waals surface area (Å²) < 4.78 is 1.89. The molecule has 0 fully saturated rings. The highest BCUT2D eigenvalue weighted by Crippen LogP contribution is 2.19. The number of rotatable bonds is 5. The SMILES string of the molecule is Clc1ccc(-c2ncnn2CCNc2ccccc2)cc1. The zero-order valence-corrected chi connectivity index (χ0v) is 12.2. The lowest BCUT2D eigenvalue weighted by molar-refractivity contribution is 0.643. The highest BCUT2D eigenvalue weighted by atomic mass is 35.5. The predicted molar refractivity (Wildman–Crippen MR) is 85.4 cm³/mol. The van der Waals surface area contributed by atoms with Crippen molar-refractivity contribution in [2.75, 3.05) is 11.9 Å². The molecule has 0 unspecified atom stereocenters. The van der Waals surface area contributed by atoms with E-state index >= 15 is 0 Å².